The molecule has 16 heavy (non-hydrogen) atoms. The van der Waals surface area contributed by atoms with Gasteiger partial charge in [-0.15, -0.1) is 0 Å². The van der Waals surface area contributed by atoms with Crippen LogP contribution in [0.15, 0.2) is 18.2 Å². The number of rotatable bonds is 1. The van der Waals surface area contributed by atoms with Crippen molar-refractivity contribution in [2.24, 2.45) is 0 Å². The predicted octanol–water partition coefficient (Wildman–Crippen LogP) is 3.76. The molecule has 0 spiro atoms. The molecular formula is C11H10Br2O3. The zero-order chi connectivity index (χ0) is 11.9. The third-order valence-corrected chi connectivity index (χ3v) is 3.23. The van der Waals surface area contributed by atoms with Crippen LogP contribution in [0.4, 0.5) is 0 Å². The Morgan fingerprint density at radius 2 is 1.94 bits per heavy atom. The van der Waals surface area contributed by atoms with Crippen LogP contribution in [0, 0.1) is 0 Å². The zero-order valence-corrected chi connectivity index (χ0v) is 12.0. The highest BCUT2D eigenvalue weighted by atomic mass is 79.9. The molecule has 0 saturated carbocycles. The summed E-state index contributed by atoms with van der Waals surface area (Å²) in [4.78, 5) is 11.7. The lowest BCUT2D eigenvalue weighted by atomic mass is 10.1. The summed E-state index contributed by atoms with van der Waals surface area (Å²) < 4.78 is 10.7. The maximum Gasteiger partial charge on any atom is 0.345 e. The minimum absolute atomic E-state index is 0.0370. The lowest BCUT2D eigenvalue weighted by molar-refractivity contribution is -0.127. The van der Waals surface area contributed by atoms with E-state index in [1.165, 1.54) is 0 Å². The maximum atomic E-state index is 11.7. The van der Waals surface area contributed by atoms with Gasteiger partial charge in [0.05, 0.1) is 3.74 Å². The van der Waals surface area contributed by atoms with E-state index in [9.17, 15) is 4.79 Å². The number of esters is 1. The fraction of sp³-hybridized carbons (Fsp3) is 0.364. The number of carbonyl (C=O) groups excluding carboxylic acids is 1. The lowest BCUT2D eigenvalue weighted by Crippen LogP contribution is -2.38. The standard InChI is InChI=1S/C11H10Br2O3/c1-11(2)15-8-5-6(9(12)13)3-4-7(8)10(14)16-11/h3-5,9H,1-2H3. The molecule has 1 heterocycles. The van der Waals surface area contributed by atoms with Gasteiger partial charge < -0.3 is 9.47 Å². The van der Waals surface area contributed by atoms with Gasteiger partial charge in [-0.1, -0.05) is 37.9 Å². The molecule has 1 aromatic rings. The van der Waals surface area contributed by atoms with Gasteiger partial charge in [-0.25, -0.2) is 4.79 Å². The fourth-order valence-electron chi connectivity index (χ4n) is 1.49. The molecule has 0 unspecified atom stereocenters. The molecular weight excluding hydrogens is 340 g/mol. The van der Waals surface area contributed by atoms with Gasteiger partial charge in [-0.2, -0.15) is 0 Å². The van der Waals surface area contributed by atoms with Gasteiger partial charge in [-0.05, 0) is 17.7 Å². The highest BCUT2D eigenvalue weighted by Gasteiger charge is 2.33. The number of hydrogen-bond acceptors (Lipinski definition) is 3. The second kappa shape index (κ2) is 4.04. The van der Waals surface area contributed by atoms with Gasteiger partial charge in [-0.3, -0.25) is 0 Å². The first kappa shape index (κ1) is 11.9. The molecule has 5 heteroatoms. The average molecular weight is 350 g/mol. The molecule has 0 aliphatic carbocycles. The summed E-state index contributed by atoms with van der Waals surface area (Å²) in [6, 6.07) is 5.37. The maximum absolute atomic E-state index is 11.7. The van der Waals surface area contributed by atoms with Gasteiger partial charge >= 0.3 is 5.97 Å². The number of alkyl halides is 2. The molecule has 0 aromatic heterocycles. The largest absolute Gasteiger partial charge is 0.452 e. The molecule has 0 radical (unpaired) electrons. The van der Waals surface area contributed by atoms with E-state index in [0.29, 0.717) is 11.3 Å². The van der Waals surface area contributed by atoms with E-state index >= 15 is 0 Å². The first-order chi connectivity index (χ1) is 7.39. The number of hydrogen-bond donors (Lipinski definition) is 0. The van der Waals surface area contributed by atoms with Gasteiger partial charge in [0, 0.05) is 13.8 Å². The quantitative estimate of drug-likeness (QED) is 0.572. The SMILES string of the molecule is CC1(C)OC(=O)c2ccc(C(Br)Br)cc2O1. The molecule has 2 rings (SSSR count). The first-order valence-electron chi connectivity index (χ1n) is 4.73. The minimum atomic E-state index is -0.906. The molecule has 3 nitrogen and oxygen atoms in total. The van der Waals surface area contributed by atoms with Gasteiger partial charge in [0.1, 0.15) is 11.3 Å². The Morgan fingerprint density at radius 3 is 2.56 bits per heavy atom. The number of halogens is 2. The minimum Gasteiger partial charge on any atom is -0.452 e. The molecule has 0 saturated heterocycles. The van der Waals surface area contributed by atoms with Crippen LogP contribution in [0.25, 0.3) is 0 Å². The van der Waals surface area contributed by atoms with Crippen molar-refractivity contribution in [1.29, 1.82) is 0 Å². The second-order valence-electron chi connectivity index (χ2n) is 3.95. The van der Waals surface area contributed by atoms with Crippen LogP contribution in [-0.2, 0) is 4.74 Å². The summed E-state index contributed by atoms with van der Waals surface area (Å²) in [5, 5.41) is 0. The van der Waals surface area contributed by atoms with Crippen LogP contribution in [0.3, 0.4) is 0 Å². The Kier molecular flexibility index (Phi) is 3.01. The van der Waals surface area contributed by atoms with Crippen LogP contribution < -0.4 is 4.74 Å². The van der Waals surface area contributed by atoms with E-state index in [4.69, 9.17) is 9.47 Å². The van der Waals surface area contributed by atoms with Crippen LogP contribution in [0.2, 0.25) is 0 Å². The first-order valence-corrected chi connectivity index (χ1v) is 6.57. The second-order valence-corrected chi connectivity index (χ2v) is 7.01. The summed E-state index contributed by atoms with van der Waals surface area (Å²) in [5.41, 5.74) is 1.45. The van der Waals surface area contributed by atoms with Crippen LogP contribution in [0.1, 0.15) is 33.5 Å². The molecule has 0 N–H and O–H groups in total. The van der Waals surface area contributed by atoms with Crippen molar-refractivity contribution < 1.29 is 14.3 Å². The molecule has 0 amide bonds. The van der Waals surface area contributed by atoms with Crippen molar-refractivity contribution in [3.05, 3.63) is 29.3 Å². The van der Waals surface area contributed by atoms with Crippen molar-refractivity contribution in [3.63, 3.8) is 0 Å². The summed E-state index contributed by atoms with van der Waals surface area (Å²) in [5.74, 6) is -0.697. The number of carbonyl (C=O) groups is 1. The molecule has 0 atom stereocenters. The number of fused-ring (bicyclic) bond motifs is 1. The molecule has 1 aliphatic rings. The highest BCUT2D eigenvalue weighted by molar-refractivity contribution is 9.24. The highest BCUT2D eigenvalue weighted by Crippen LogP contribution is 2.36. The van der Waals surface area contributed by atoms with E-state index < -0.39 is 5.79 Å². The summed E-state index contributed by atoms with van der Waals surface area (Å²) >= 11 is 6.80. The summed E-state index contributed by atoms with van der Waals surface area (Å²) in [7, 11) is 0. The average Bonchev–Trinajstić information content (AvgIpc) is 2.14. The van der Waals surface area contributed by atoms with E-state index in [1.807, 2.05) is 12.1 Å². The smallest absolute Gasteiger partial charge is 0.345 e. The summed E-state index contributed by atoms with van der Waals surface area (Å²) in [6.07, 6.45) is 0. The van der Waals surface area contributed by atoms with Crippen molar-refractivity contribution in [2.45, 2.75) is 23.4 Å². The monoisotopic (exact) mass is 348 g/mol. The molecule has 0 fully saturated rings. The summed E-state index contributed by atoms with van der Waals surface area (Å²) in [6.45, 7) is 3.42. The molecule has 1 aliphatic heterocycles. The predicted molar refractivity (Wildman–Crippen MR) is 67.2 cm³/mol. The van der Waals surface area contributed by atoms with Gasteiger partial charge in [0.2, 0.25) is 5.79 Å². The number of benzene rings is 1. The Labute approximate surface area is 110 Å². The zero-order valence-electron chi connectivity index (χ0n) is 8.79. The van der Waals surface area contributed by atoms with Crippen LogP contribution in [-0.4, -0.2) is 11.8 Å². The number of cyclic esters (lactones) is 1. The Balaban J connectivity index is 2.46. The fourth-order valence-corrected chi connectivity index (χ4v) is 2.06. The number of ether oxygens (including phenoxy) is 2. The third kappa shape index (κ3) is 2.25. The normalized spacial score (nSPS) is 17.7. The third-order valence-electron chi connectivity index (χ3n) is 2.17. The Bertz CT molecular complexity index is 441. The van der Waals surface area contributed by atoms with E-state index in [-0.39, 0.29) is 9.71 Å². The van der Waals surface area contributed by atoms with E-state index in [0.717, 1.165) is 5.56 Å². The van der Waals surface area contributed by atoms with Crippen molar-refractivity contribution in [1.82, 2.24) is 0 Å². The Morgan fingerprint density at radius 1 is 1.25 bits per heavy atom. The van der Waals surface area contributed by atoms with Crippen LogP contribution >= 0.6 is 31.9 Å². The molecule has 1 aromatic carbocycles. The van der Waals surface area contributed by atoms with Crippen molar-refractivity contribution in [3.8, 4) is 5.75 Å². The topological polar surface area (TPSA) is 35.5 Å². The molecule has 86 valence electrons. The van der Waals surface area contributed by atoms with Gasteiger partial charge in [0.25, 0.3) is 0 Å². The molecule has 0 bridgehead atoms. The van der Waals surface area contributed by atoms with Crippen molar-refractivity contribution >= 4 is 37.8 Å². The van der Waals surface area contributed by atoms with Crippen molar-refractivity contribution in [2.75, 3.05) is 0 Å². The Hall–Kier alpha value is -0.550. The van der Waals surface area contributed by atoms with E-state index in [2.05, 4.69) is 31.9 Å². The lowest BCUT2D eigenvalue weighted by Gasteiger charge is -2.31. The van der Waals surface area contributed by atoms with Gasteiger partial charge in [0.15, 0.2) is 0 Å². The van der Waals surface area contributed by atoms with E-state index in [1.54, 1.807) is 19.9 Å². The van der Waals surface area contributed by atoms with Crippen LogP contribution in [0.5, 0.6) is 5.75 Å².